The maximum Gasteiger partial charge on any atom is 0.258 e. The third-order valence-corrected chi connectivity index (χ3v) is 3.31. The molecule has 2 aliphatic rings. The molecule has 20 heavy (non-hydrogen) atoms. The SMILES string of the molecule is O=C1C=CC(=O)N1c1ccccc1OC1CCCCO1. The summed E-state index contributed by atoms with van der Waals surface area (Å²) in [7, 11) is 0. The number of hydrogen-bond donors (Lipinski definition) is 0. The summed E-state index contributed by atoms with van der Waals surface area (Å²) in [5.74, 6) is -0.212. The third-order valence-electron chi connectivity index (χ3n) is 3.31. The number of nitrogens with zero attached hydrogens (tertiary/aromatic N) is 1. The summed E-state index contributed by atoms with van der Waals surface area (Å²) in [6.07, 6.45) is 5.11. The van der Waals surface area contributed by atoms with Gasteiger partial charge in [-0.15, -0.1) is 0 Å². The van der Waals surface area contributed by atoms with Crippen molar-refractivity contribution >= 4 is 17.5 Å². The van der Waals surface area contributed by atoms with Crippen LogP contribution in [0, 0.1) is 0 Å². The summed E-state index contributed by atoms with van der Waals surface area (Å²) in [6, 6.07) is 7.01. The molecule has 5 heteroatoms. The summed E-state index contributed by atoms with van der Waals surface area (Å²) in [4.78, 5) is 24.6. The summed E-state index contributed by atoms with van der Waals surface area (Å²) >= 11 is 0. The molecule has 2 aliphatic heterocycles. The van der Waals surface area contributed by atoms with E-state index in [1.54, 1.807) is 24.3 Å². The maximum atomic E-state index is 11.8. The van der Waals surface area contributed by atoms with Gasteiger partial charge in [-0.2, -0.15) is 0 Å². The molecule has 5 nitrogen and oxygen atoms in total. The molecule has 2 amide bonds. The number of hydrogen-bond acceptors (Lipinski definition) is 4. The number of para-hydroxylation sites is 2. The van der Waals surface area contributed by atoms with Gasteiger partial charge in [-0.25, -0.2) is 4.90 Å². The molecule has 0 aromatic heterocycles. The van der Waals surface area contributed by atoms with Gasteiger partial charge in [-0.1, -0.05) is 12.1 Å². The fourth-order valence-corrected chi connectivity index (χ4v) is 2.32. The van der Waals surface area contributed by atoms with E-state index in [1.807, 2.05) is 0 Å². The van der Waals surface area contributed by atoms with Crippen molar-refractivity contribution in [1.29, 1.82) is 0 Å². The van der Waals surface area contributed by atoms with Crippen LogP contribution < -0.4 is 9.64 Å². The minimum Gasteiger partial charge on any atom is -0.463 e. The molecule has 1 atom stereocenters. The molecule has 104 valence electrons. The van der Waals surface area contributed by atoms with Crippen LogP contribution in [0.2, 0.25) is 0 Å². The first kappa shape index (κ1) is 12.9. The first-order valence-electron chi connectivity index (χ1n) is 6.69. The largest absolute Gasteiger partial charge is 0.463 e. The fraction of sp³-hybridized carbons (Fsp3) is 0.333. The van der Waals surface area contributed by atoms with Crippen LogP contribution in [0.3, 0.4) is 0 Å². The highest BCUT2D eigenvalue weighted by molar-refractivity contribution is 6.28. The lowest BCUT2D eigenvalue weighted by molar-refractivity contribution is -0.120. The summed E-state index contributed by atoms with van der Waals surface area (Å²) in [6.45, 7) is 0.677. The van der Waals surface area contributed by atoms with E-state index < -0.39 is 0 Å². The molecule has 1 aromatic rings. The molecular formula is C15H15NO4. The van der Waals surface area contributed by atoms with E-state index in [2.05, 4.69) is 0 Å². The van der Waals surface area contributed by atoms with Crippen molar-refractivity contribution in [3.8, 4) is 5.75 Å². The van der Waals surface area contributed by atoms with E-state index in [0.29, 0.717) is 18.0 Å². The highest BCUT2D eigenvalue weighted by Crippen LogP contribution is 2.32. The topological polar surface area (TPSA) is 55.8 Å². The smallest absolute Gasteiger partial charge is 0.258 e. The third kappa shape index (κ3) is 2.44. The van der Waals surface area contributed by atoms with Crippen molar-refractivity contribution in [3.05, 3.63) is 36.4 Å². The summed E-state index contributed by atoms with van der Waals surface area (Å²) < 4.78 is 11.3. The summed E-state index contributed by atoms with van der Waals surface area (Å²) in [5, 5.41) is 0. The molecule has 1 aromatic carbocycles. The Hall–Kier alpha value is -2.14. The van der Waals surface area contributed by atoms with E-state index >= 15 is 0 Å². The van der Waals surface area contributed by atoms with Crippen LogP contribution >= 0.6 is 0 Å². The lowest BCUT2D eigenvalue weighted by Crippen LogP contribution is -2.31. The Morgan fingerprint density at radius 3 is 2.55 bits per heavy atom. The number of amides is 2. The molecular weight excluding hydrogens is 258 g/mol. The van der Waals surface area contributed by atoms with Crippen LogP contribution in [0.1, 0.15) is 19.3 Å². The molecule has 1 unspecified atom stereocenters. The van der Waals surface area contributed by atoms with Crippen molar-refractivity contribution < 1.29 is 19.1 Å². The molecule has 0 aliphatic carbocycles. The van der Waals surface area contributed by atoms with Gasteiger partial charge in [-0.05, 0) is 25.0 Å². The van der Waals surface area contributed by atoms with E-state index in [9.17, 15) is 9.59 Å². The number of imide groups is 1. The predicted molar refractivity (Wildman–Crippen MR) is 72.3 cm³/mol. The summed E-state index contributed by atoms with van der Waals surface area (Å²) in [5.41, 5.74) is 0.460. The van der Waals surface area contributed by atoms with Crippen LogP contribution in [-0.4, -0.2) is 24.7 Å². The van der Waals surface area contributed by atoms with Crippen LogP contribution in [0.4, 0.5) is 5.69 Å². The predicted octanol–water partition coefficient (Wildman–Crippen LogP) is 2.02. The number of carbonyl (C=O) groups excluding carboxylic acids is 2. The van der Waals surface area contributed by atoms with Gasteiger partial charge in [0.1, 0.15) is 5.75 Å². The molecule has 0 N–H and O–H groups in total. The van der Waals surface area contributed by atoms with Crippen LogP contribution in [0.15, 0.2) is 36.4 Å². The monoisotopic (exact) mass is 273 g/mol. The van der Waals surface area contributed by atoms with Crippen LogP contribution in [0.25, 0.3) is 0 Å². The second-order valence-electron chi connectivity index (χ2n) is 4.73. The molecule has 0 saturated carbocycles. The molecule has 0 radical (unpaired) electrons. The van der Waals surface area contributed by atoms with Crippen LogP contribution in [0.5, 0.6) is 5.75 Å². The first-order valence-corrected chi connectivity index (χ1v) is 6.69. The lowest BCUT2D eigenvalue weighted by atomic mass is 10.2. The Morgan fingerprint density at radius 1 is 1.10 bits per heavy atom. The Morgan fingerprint density at radius 2 is 1.85 bits per heavy atom. The highest BCUT2D eigenvalue weighted by Gasteiger charge is 2.28. The minimum atomic E-state index is -0.351. The standard InChI is InChI=1S/C15H15NO4/c17-13-8-9-14(18)16(13)11-5-1-2-6-12(11)20-15-7-3-4-10-19-15/h1-2,5-6,8-9,15H,3-4,7,10H2. The quantitative estimate of drug-likeness (QED) is 0.791. The average Bonchev–Trinajstić information content (AvgIpc) is 2.80. The Balaban J connectivity index is 1.84. The number of ether oxygens (including phenoxy) is 2. The number of benzene rings is 1. The van der Waals surface area contributed by atoms with Gasteiger partial charge >= 0.3 is 0 Å². The van der Waals surface area contributed by atoms with Crippen molar-refractivity contribution in [2.45, 2.75) is 25.6 Å². The van der Waals surface area contributed by atoms with Gasteiger partial charge in [0.05, 0.1) is 12.3 Å². The average molecular weight is 273 g/mol. The molecule has 2 heterocycles. The van der Waals surface area contributed by atoms with E-state index in [-0.39, 0.29) is 18.1 Å². The molecule has 3 rings (SSSR count). The van der Waals surface area contributed by atoms with Gasteiger partial charge in [0.15, 0.2) is 6.29 Å². The van der Waals surface area contributed by atoms with E-state index in [0.717, 1.165) is 24.2 Å². The van der Waals surface area contributed by atoms with Crippen molar-refractivity contribution in [3.63, 3.8) is 0 Å². The van der Waals surface area contributed by atoms with Crippen molar-refractivity contribution in [1.82, 2.24) is 0 Å². The Bertz CT molecular complexity index is 543. The number of anilines is 1. The van der Waals surface area contributed by atoms with Gasteiger partial charge in [0.25, 0.3) is 11.8 Å². The highest BCUT2D eigenvalue weighted by atomic mass is 16.7. The van der Waals surface area contributed by atoms with Gasteiger partial charge in [0.2, 0.25) is 0 Å². The van der Waals surface area contributed by atoms with Gasteiger partial charge in [0, 0.05) is 18.6 Å². The maximum absolute atomic E-state index is 11.8. The van der Waals surface area contributed by atoms with Crippen molar-refractivity contribution in [2.75, 3.05) is 11.5 Å². The second kappa shape index (κ2) is 5.46. The normalized spacial score (nSPS) is 22.4. The Kier molecular flexibility index (Phi) is 3.52. The number of rotatable bonds is 3. The molecule has 0 bridgehead atoms. The van der Waals surface area contributed by atoms with E-state index in [4.69, 9.17) is 9.47 Å². The number of carbonyl (C=O) groups is 2. The van der Waals surface area contributed by atoms with Crippen molar-refractivity contribution in [2.24, 2.45) is 0 Å². The molecule has 0 spiro atoms. The molecule has 1 saturated heterocycles. The second-order valence-corrected chi connectivity index (χ2v) is 4.73. The van der Waals surface area contributed by atoms with E-state index in [1.165, 1.54) is 12.2 Å². The molecule has 1 fully saturated rings. The zero-order valence-corrected chi connectivity index (χ0v) is 11.0. The minimum absolute atomic E-state index is 0.314. The first-order chi connectivity index (χ1) is 9.75. The van der Waals surface area contributed by atoms with Gasteiger partial charge < -0.3 is 9.47 Å². The van der Waals surface area contributed by atoms with Gasteiger partial charge in [-0.3, -0.25) is 9.59 Å². The van der Waals surface area contributed by atoms with Crippen LogP contribution in [-0.2, 0) is 14.3 Å². The zero-order chi connectivity index (χ0) is 13.9. The fourth-order valence-electron chi connectivity index (χ4n) is 2.32. The lowest BCUT2D eigenvalue weighted by Gasteiger charge is -2.26. The Labute approximate surface area is 116 Å². The zero-order valence-electron chi connectivity index (χ0n) is 11.0.